The van der Waals surface area contributed by atoms with Gasteiger partial charge in [-0.05, 0) is 73.1 Å². The Labute approximate surface area is 233 Å². The molecule has 0 spiro atoms. The van der Waals surface area contributed by atoms with E-state index in [1.807, 2.05) is 76.2 Å². The number of aromatic nitrogens is 1. The number of anilines is 1. The molecule has 1 aliphatic heterocycles. The fourth-order valence-corrected chi connectivity index (χ4v) is 5.30. The molecule has 3 N–H and O–H groups in total. The van der Waals surface area contributed by atoms with Crippen LogP contribution in [-0.2, 0) is 14.0 Å². The summed E-state index contributed by atoms with van der Waals surface area (Å²) in [6.07, 6.45) is 1.42. The highest BCUT2D eigenvalue weighted by atomic mass is 16.7. The van der Waals surface area contributed by atoms with Gasteiger partial charge in [0, 0.05) is 12.5 Å². The van der Waals surface area contributed by atoms with Gasteiger partial charge in [-0.15, -0.1) is 0 Å². The first-order valence-corrected chi connectivity index (χ1v) is 13.4. The Morgan fingerprint density at radius 3 is 2.27 bits per heavy atom. The van der Waals surface area contributed by atoms with Crippen LogP contribution in [0.4, 0.5) is 10.6 Å². The Morgan fingerprint density at radius 2 is 1.62 bits per heavy atom. The third kappa shape index (κ3) is 4.65. The summed E-state index contributed by atoms with van der Waals surface area (Å²) in [5.41, 5.74) is 11.8. The molecule has 6 rings (SSSR count). The minimum Gasteiger partial charge on any atom is -0.449 e. The molecule has 0 saturated carbocycles. The summed E-state index contributed by atoms with van der Waals surface area (Å²) >= 11 is 0. The largest absolute Gasteiger partial charge is 0.492 e. The molecule has 1 fully saturated rings. The summed E-state index contributed by atoms with van der Waals surface area (Å²) in [5, 5.41) is 7.45. The molecule has 9 heteroatoms. The molecule has 2 aliphatic rings. The molecule has 1 saturated heterocycles. The smallest absolute Gasteiger partial charge is 0.449 e. The highest BCUT2D eigenvalue weighted by Gasteiger charge is 2.52. The molecular formula is C31H32BN3O5. The molecule has 204 valence electrons. The third-order valence-electron chi connectivity index (χ3n) is 8.21. The number of rotatable bonds is 6. The van der Waals surface area contributed by atoms with Gasteiger partial charge in [-0.1, -0.05) is 65.8 Å². The van der Waals surface area contributed by atoms with Crippen LogP contribution in [0, 0.1) is 0 Å². The molecule has 3 aromatic carbocycles. The molecule has 0 bridgehead atoms. The van der Waals surface area contributed by atoms with Crippen molar-refractivity contribution >= 4 is 36.1 Å². The van der Waals surface area contributed by atoms with Crippen molar-refractivity contribution in [1.29, 1.82) is 0 Å². The van der Waals surface area contributed by atoms with Crippen molar-refractivity contribution in [3.8, 4) is 11.1 Å². The predicted octanol–water partition coefficient (Wildman–Crippen LogP) is 5.96. The fourth-order valence-electron chi connectivity index (χ4n) is 5.30. The van der Waals surface area contributed by atoms with E-state index in [4.69, 9.17) is 24.3 Å². The number of nitrogens with two attached hydrogens (primary N) is 1. The quantitative estimate of drug-likeness (QED) is 0.292. The Kier molecular flexibility index (Phi) is 6.43. The summed E-state index contributed by atoms with van der Waals surface area (Å²) in [5.74, 6) is 0.302. The van der Waals surface area contributed by atoms with E-state index in [0.717, 1.165) is 22.2 Å². The number of nitrogens with one attached hydrogen (secondary N) is 1. The zero-order valence-corrected chi connectivity index (χ0v) is 23.1. The van der Waals surface area contributed by atoms with E-state index in [-0.39, 0.29) is 19.1 Å². The molecule has 8 nitrogen and oxygen atoms in total. The topological polar surface area (TPSA) is 109 Å². The lowest BCUT2D eigenvalue weighted by atomic mass is 9.77. The minimum atomic E-state index is -0.658. The van der Waals surface area contributed by atoms with Gasteiger partial charge in [-0.3, -0.25) is 0 Å². The third-order valence-corrected chi connectivity index (χ3v) is 8.21. The number of nitrogens with zero attached hydrogens (tertiary/aromatic N) is 1. The maximum absolute atomic E-state index is 13.0. The number of hydrogen-bond acceptors (Lipinski definition) is 7. The number of benzene rings is 3. The molecular weight excluding hydrogens is 505 g/mol. The lowest BCUT2D eigenvalue weighted by Crippen LogP contribution is -2.41. The van der Waals surface area contributed by atoms with Gasteiger partial charge in [-0.2, -0.15) is 0 Å². The number of fused-ring (bicyclic) bond motifs is 4. The second-order valence-electron chi connectivity index (χ2n) is 11.3. The number of ether oxygens (including phenoxy) is 1. The average Bonchev–Trinajstić information content (AvgIpc) is 3.53. The first-order valence-electron chi connectivity index (χ1n) is 13.4. The SMILES string of the molecule is CC1(C)OB(C(=Cc2ccc3onc(N)c3c2)CNC(=O)OCC2c3ccccc3-c3ccccc32)OC1(C)C. The van der Waals surface area contributed by atoms with E-state index in [0.29, 0.717) is 16.8 Å². The van der Waals surface area contributed by atoms with Gasteiger partial charge in [0.15, 0.2) is 11.4 Å². The van der Waals surface area contributed by atoms with Crippen LogP contribution in [0.25, 0.3) is 28.2 Å². The number of alkyl carbamates (subject to hydrolysis) is 1. The van der Waals surface area contributed by atoms with Crippen LogP contribution in [-0.4, -0.2) is 42.7 Å². The van der Waals surface area contributed by atoms with Crippen molar-refractivity contribution in [1.82, 2.24) is 10.5 Å². The first-order chi connectivity index (χ1) is 19.1. The summed E-state index contributed by atoms with van der Waals surface area (Å²) in [4.78, 5) is 13.0. The standard InChI is InChI=1S/C31H32BN3O5/c1-30(2)31(3,4)40-32(39-30)20(15-19-13-14-27-25(16-19)28(33)35-38-27)17-34-29(36)37-18-26-23-11-7-5-9-21(23)22-10-6-8-12-24(22)26/h5-16,26H,17-18H2,1-4H3,(H2,33,35)(H,34,36). The molecule has 1 aromatic heterocycles. The molecule has 2 heterocycles. The van der Waals surface area contributed by atoms with Crippen LogP contribution < -0.4 is 11.1 Å². The van der Waals surface area contributed by atoms with E-state index in [9.17, 15) is 4.79 Å². The van der Waals surface area contributed by atoms with Gasteiger partial charge in [0.2, 0.25) is 0 Å². The molecule has 40 heavy (non-hydrogen) atoms. The van der Waals surface area contributed by atoms with Crippen LogP contribution in [0.2, 0.25) is 0 Å². The first kappa shape index (κ1) is 26.2. The van der Waals surface area contributed by atoms with E-state index >= 15 is 0 Å². The monoisotopic (exact) mass is 537 g/mol. The lowest BCUT2D eigenvalue weighted by Gasteiger charge is -2.32. The maximum Gasteiger partial charge on any atom is 0.492 e. The van der Waals surface area contributed by atoms with Gasteiger partial charge >= 0.3 is 13.2 Å². The minimum absolute atomic E-state index is 0.0167. The normalized spacial score (nSPS) is 17.6. The zero-order valence-electron chi connectivity index (χ0n) is 23.1. The molecule has 0 radical (unpaired) electrons. The Bertz CT molecular complexity index is 1560. The highest BCUT2D eigenvalue weighted by Crippen LogP contribution is 2.44. The van der Waals surface area contributed by atoms with Crippen LogP contribution >= 0.6 is 0 Å². The van der Waals surface area contributed by atoms with Crippen molar-refractivity contribution in [2.24, 2.45) is 0 Å². The Hall–Kier alpha value is -4.08. The van der Waals surface area contributed by atoms with Gasteiger partial charge in [0.25, 0.3) is 0 Å². The summed E-state index contributed by atoms with van der Waals surface area (Å²) in [6, 6.07) is 22.1. The van der Waals surface area contributed by atoms with Crippen molar-refractivity contribution in [2.75, 3.05) is 18.9 Å². The Balaban J connectivity index is 1.19. The Morgan fingerprint density at radius 1 is 1.00 bits per heavy atom. The average molecular weight is 537 g/mol. The van der Waals surface area contributed by atoms with Crippen LogP contribution in [0.1, 0.15) is 50.3 Å². The number of carbonyl (C=O) groups is 1. The fraction of sp³-hybridized carbons (Fsp3) is 0.290. The van der Waals surface area contributed by atoms with Crippen molar-refractivity contribution < 1.29 is 23.4 Å². The number of hydrogen-bond donors (Lipinski definition) is 2. The second-order valence-corrected chi connectivity index (χ2v) is 11.3. The summed E-state index contributed by atoms with van der Waals surface area (Å²) < 4.78 is 23.6. The number of amides is 1. The summed E-state index contributed by atoms with van der Waals surface area (Å²) in [7, 11) is -0.658. The van der Waals surface area contributed by atoms with Crippen molar-refractivity contribution in [3.05, 3.63) is 88.9 Å². The van der Waals surface area contributed by atoms with Gasteiger partial charge in [0.05, 0.1) is 16.6 Å². The van der Waals surface area contributed by atoms with E-state index in [2.05, 4.69) is 34.7 Å². The van der Waals surface area contributed by atoms with E-state index < -0.39 is 24.4 Å². The van der Waals surface area contributed by atoms with Crippen molar-refractivity contribution in [3.63, 3.8) is 0 Å². The van der Waals surface area contributed by atoms with E-state index in [1.165, 1.54) is 11.1 Å². The predicted molar refractivity (Wildman–Crippen MR) is 156 cm³/mol. The molecule has 1 amide bonds. The lowest BCUT2D eigenvalue weighted by molar-refractivity contribution is 0.00578. The molecule has 0 unspecified atom stereocenters. The molecule has 1 aliphatic carbocycles. The zero-order chi connectivity index (χ0) is 28.1. The van der Waals surface area contributed by atoms with Gasteiger partial charge in [-0.25, -0.2) is 4.79 Å². The van der Waals surface area contributed by atoms with Crippen LogP contribution in [0.5, 0.6) is 0 Å². The number of nitrogen functional groups attached to an aromatic ring is 1. The van der Waals surface area contributed by atoms with E-state index in [1.54, 1.807) is 0 Å². The second kappa shape index (κ2) is 9.84. The van der Waals surface area contributed by atoms with Crippen LogP contribution in [0.15, 0.2) is 76.7 Å². The summed E-state index contributed by atoms with van der Waals surface area (Å²) in [6.45, 7) is 8.38. The number of carbonyl (C=O) groups excluding carboxylic acids is 1. The highest BCUT2D eigenvalue weighted by molar-refractivity contribution is 6.56. The van der Waals surface area contributed by atoms with Crippen molar-refractivity contribution in [2.45, 2.75) is 44.8 Å². The maximum atomic E-state index is 13.0. The van der Waals surface area contributed by atoms with Crippen LogP contribution in [0.3, 0.4) is 0 Å². The molecule has 4 aromatic rings. The van der Waals surface area contributed by atoms with Gasteiger partial charge < -0.3 is 29.6 Å². The molecule has 0 atom stereocenters. The van der Waals surface area contributed by atoms with Gasteiger partial charge in [0.1, 0.15) is 6.61 Å².